The first kappa shape index (κ1) is 14.7. The zero-order valence-electron chi connectivity index (χ0n) is 11.8. The van der Waals surface area contributed by atoms with E-state index in [-0.39, 0.29) is 18.1 Å². The summed E-state index contributed by atoms with van der Waals surface area (Å²) in [6.07, 6.45) is 0.0907. The highest BCUT2D eigenvalue weighted by atomic mass is 16.6. The molecule has 2 N–H and O–H groups in total. The minimum atomic E-state index is -0.642. The van der Waals surface area contributed by atoms with E-state index < -0.39 is 6.10 Å². The molecular weight excluding hydrogens is 258 g/mol. The normalized spacial score (nSPS) is 22.1. The fraction of sp³-hybridized carbons (Fsp3) is 0.533. The Hall–Kier alpha value is -1.75. The van der Waals surface area contributed by atoms with Crippen LogP contribution in [-0.2, 0) is 4.79 Å². The number of para-hydroxylation sites is 2. The fourth-order valence-electron chi connectivity index (χ4n) is 2.12. The van der Waals surface area contributed by atoms with Crippen LogP contribution >= 0.6 is 0 Å². The predicted molar refractivity (Wildman–Crippen MR) is 74.9 cm³/mol. The first-order chi connectivity index (χ1) is 9.58. The topological polar surface area (TPSA) is 67.8 Å². The van der Waals surface area contributed by atoms with Crippen molar-refractivity contribution in [2.75, 3.05) is 6.54 Å². The summed E-state index contributed by atoms with van der Waals surface area (Å²) in [5.74, 6) is 1.07. The van der Waals surface area contributed by atoms with E-state index in [0.29, 0.717) is 24.5 Å². The third-order valence-electron chi connectivity index (χ3n) is 3.20. The molecule has 1 amide bonds. The van der Waals surface area contributed by atoms with Crippen LogP contribution in [0.4, 0.5) is 0 Å². The van der Waals surface area contributed by atoms with E-state index in [1.165, 1.54) is 0 Å². The number of aliphatic hydroxyl groups is 1. The number of fused-ring (bicyclic) bond motifs is 1. The van der Waals surface area contributed by atoms with Gasteiger partial charge in [0.1, 0.15) is 6.10 Å². The number of benzene rings is 1. The molecule has 1 aromatic carbocycles. The Morgan fingerprint density at radius 1 is 1.35 bits per heavy atom. The van der Waals surface area contributed by atoms with Crippen molar-refractivity contribution in [3.63, 3.8) is 0 Å². The molecule has 1 aliphatic rings. The maximum atomic E-state index is 12.1. The number of nitrogens with one attached hydrogen (secondary N) is 1. The Bertz CT molecular complexity index is 461. The van der Waals surface area contributed by atoms with Crippen molar-refractivity contribution in [2.24, 2.45) is 0 Å². The van der Waals surface area contributed by atoms with Crippen molar-refractivity contribution < 1.29 is 19.4 Å². The summed E-state index contributed by atoms with van der Waals surface area (Å²) >= 11 is 0. The number of amides is 1. The molecule has 5 heteroatoms. The molecule has 1 aromatic rings. The van der Waals surface area contributed by atoms with Crippen LogP contribution in [0.3, 0.4) is 0 Å². The van der Waals surface area contributed by atoms with Crippen LogP contribution in [0.25, 0.3) is 0 Å². The van der Waals surface area contributed by atoms with Crippen LogP contribution < -0.4 is 14.8 Å². The second kappa shape index (κ2) is 6.61. The highest BCUT2D eigenvalue weighted by Gasteiger charge is 2.33. The van der Waals surface area contributed by atoms with Gasteiger partial charge < -0.3 is 19.9 Å². The van der Waals surface area contributed by atoms with E-state index in [1.807, 2.05) is 25.1 Å². The molecule has 110 valence electrons. The molecule has 3 atom stereocenters. The molecule has 0 bridgehead atoms. The van der Waals surface area contributed by atoms with E-state index in [4.69, 9.17) is 14.6 Å². The number of hydrogen-bond donors (Lipinski definition) is 2. The van der Waals surface area contributed by atoms with Crippen LogP contribution in [0, 0.1) is 0 Å². The van der Waals surface area contributed by atoms with Crippen LogP contribution in [0.5, 0.6) is 11.5 Å². The van der Waals surface area contributed by atoms with Crippen molar-refractivity contribution >= 4 is 5.91 Å². The highest BCUT2D eigenvalue weighted by molar-refractivity contribution is 5.82. The Morgan fingerprint density at radius 2 is 2.00 bits per heavy atom. The van der Waals surface area contributed by atoms with E-state index in [0.717, 1.165) is 6.42 Å². The van der Waals surface area contributed by atoms with Gasteiger partial charge in [0.2, 0.25) is 6.10 Å². The van der Waals surface area contributed by atoms with E-state index in [9.17, 15) is 4.79 Å². The summed E-state index contributed by atoms with van der Waals surface area (Å²) in [5, 5.41) is 12.0. The summed E-state index contributed by atoms with van der Waals surface area (Å²) in [4.78, 5) is 12.1. The average molecular weight is 279 g/mol. The van der Waals surface area contributed by atoms with Gasteiger partial charge in [-0.15, -0.1) is 0 Å². The van der Waals surface area contributed by atoms with Crippen LogP contribution in [0.15, 0.2) is 24.3 Å². The van der Waals surface area contributed by atoms with Crippen LogP contribution in [0.1, 0.15) is 26.7 Å². The Morgan fingerprint density at radius 3 is 2.65 bits per heavy atom. The van der Waals surface area contributed by atoms with Crippen molar-refractivity contribution in [1.29, 1.82) is 0 Å². The molecule has 0 spiro atoms. The molecular formula is C15H21NO4. The number of carbonyl (C=O) groups excluding carboxylic acids is 1. The maximum absolute atomic E-state index is 12.1. The molecule has 0 saturated heterocycles. The molecule has 0 saturated carbocycles. The largest absolute Gasteiger partial charge is 0.482 e. The second-order valence-corrected chi connectivity index (χ2v) is 5.09. The van der Waals surface area contributed by atoms with Crippen LogP contribution in [0.2, 0.25) is 0 Å². The number of ether oxygens (including phenoxy) is 2. The molecule has 0 aromatic heterocycles. The van der Waals surface area contributed by atoms with Gasteiger partial charge in [0.25, 0.3) is 5.91 Å². The average Bonchev–Trinajstić information content (AvgIpc) is 2.42. The molecule has 1 aliphatic heterocycles. The summed E-state index contributed by atoms with van der Waals surface area (Å²) in [6, 6.07) is 7.32. The number of rotatable bonds is 5. The van der Waals surface area contributed by atoms with Crippen molar-refractivity contribution in [2.45, 2.75) is 45.0 Å². The van der Waals surface area contributed by atoms with E-state index in [2.05, 4.69) is 5.32 Å². The Labute approximate surface area is 118 Å². The summed E-state index contributed by atoms with van der Waals surface area (Å²) in [6.45, 7) is 4.08. The smallest absolute Gasteiger partial charge is 0.265 e. The summed E-state index contributed by atoms with van der Waals surface area (Å²) < 4.78 is 11.4. The monoisotopic (exact) mass is 279 g/mol. The maximum Gasteiger partial charge on any atom is 0.265 e. The number of carbonyl (C=O) groups is 1. The zero-order chi connectivity index (χ0) is 14.5. The molecule has 20 heavy (non-hydrogen) atoms. The van der Waals surface area contributed by atoms with Gasteiger partial charge in [-0.2, -0.15) is 0 Å². The molecule has 1 heterocycles. The summed E-state index contributed by atoms with van der Waals surface area (Å²) in [5.41, 5.74) is 0. The first-order valence-electron chi connectivity index (χ1n) is 6.96. The standard InChI is InChI=1S/C15H21NO4/c1-10(17)6-5-9-16-15(18)14-11(2)19-12-7-3-4-8-13(12)20-14/h3-4,7-8,10-11,14,17H,5-6,9H2,1-2H3,(H,16,18). The van der Waals surface area contributed by atoms with Gasteiger partial charge in [0.05, 0.1) is 6.10 Å². The molecule has 3 unspecified atom stereocenters. The minimum absolute atomic E-state index is 0.183. The van der Waals surface area contributed by atoms with Gasteiger partial charge >= 0.3 is 0 Å². The molecule has 0 radical (unpaired) electrons. The van der Waals surface area contributed by atoms with Gasteiger partial charge in [-0.05, 0) is 38.8 Å². The lowest BCUT2D eigenvalue weighted by atomic mass is 10.1. The van der Waals surface area contributed by atoms with Crippen molar-refractivity contribution in [3.8, 4) is 11.5 Å². The molecule has 0 aliphatic carbocycles. The Kier molecular flexibility index (Phi) is 4.84. The molecule has 0 fully saturated rings. The van der Waals surface area contributed by atoms with Gasteiger partial charge in [-0.25, -0.2) is 0 Å². The van der Waals surface area contributed by atoms with E-state index >= 15 is 0 Å². The van der Waals surface area contributed by atoms with E-state index in [1.54, 1.807) is 13.0 Å². The predicted octanol–water partition coefficient (Wildman–Crippen LogP) is 1.49. The molecule has 5 nitrogen and oxygen atoms in total. The number of hydrogen-bond acceptors (Lipinski definition) is 4. The number of aliphatic hydroxyl groups excluding tert-OH is 1. The van der Waals surface area contributed by atoms with Gasteiger partial charge in [0, 0.05) is 6.54 Å². The SMILES string of the molecule is CC(O)CCCNC(=O)C1Oc2ccccc2OC1C. The summed E-state index contributed by atoms with van der Waals surface area (Å²) in [7, 11) is 0. The Balaban J connectivity index is 1.88. The van der Waals surface area contributed by atoms with Gasteiger partial charge in [0.15, 0.2) is 11.5 Å². The van der Waals surface area contributed by atoms with Crippen molar-refractivity contribution in [1.82, 2.24) is 5.32 Å². The van der Waals surface area contributed by atoms with Crippen molar-refractivity contribution in [3.05, 3.63) is 24.3 Å². The molecule has 2 rings (SSSR count). The third kappa shape index (κ3) is 3.63. The van der Waals surface area contributed by atoms with Gasteiger partial charge in [-0.1, -0.05) is 12.1 Å². The lowest BCUT2D eigenvalue weighted by Crippen LogP contribution is -2.49. The fourth-order valence-corrected chi connectivity index (χ4v) is 2.12. The first-order valence-corrected chi connectivity index (χ1v) is 6.96. The quantitative estimate of drug-likeness (QED) is 0.801. The third-order valence-corrected chi connectivity index (χ3v) is 3.20. The van der Waals surface area contributed by atoms with Crippen LogP contribution in [-0.4, -0.2) is 35.9 Å². The lowest BCUT2D eigenvalue weighted by Gasteiger charge is -2.31. The lowest BCUT2D eigenvalue weighted by molar-refractivity contribution is -0.133. The zero-order valence-corrected chi connectivity index (χ0v) is 11.8. The van der Waals surface area contributed by atoms with Gasteiger partial charge in [-0.3, -0.25) is 4.79 Å². The second-order valence-electron chi connectivity index (χ2n) is 5.09. The minimum Gasteiger partial charge on any atom is -0.482 e. The highest BCUT2D eigenvalue weighted by Crippen LogP contribution is 2.33.